The van der Waals surface area contributed by atoms with Crippen LogP contribution in [0, 0.1) is 6.92 Å². The molecule has 1 aromatic carbocycles. The van der Waals surface area contributed by atoms with Crippen molar-refractivity contribution in [3.8, 4) is 0 Å². The molecule has 1 atom stereocenters. The van der Waals surface area contributed by atoms with Crippen LogP contribution in [0.1, 0.15) is 34.5 Å². The Kier molecular flexibility index (Phi) is 4.56. The van der Waals surface area contributed by atoms with Gasteiger partial charge in [-0.1, -0.05) is 12.1 Å². The zero-order valence-electron chi connectivity index (χ0n) is 14.1. The monoisotopic (exact) mass is 340 g/mol. The number of nitrogens with zero attached hydrogens (tertiary/aromatic N) is 1. The molecule has 1 aliphatic heterocycles. The van der Waals surface area contributed by atoms with Crippen molar-refractivity contribution >= 4 is 17.6 Å². The van der Waals surface area contributed by atoms with E-state index in [0.717, 1.165) is 11.3 Å². The molecule has 0 saturated carbocycles. The lowest BCUT2D eigenvalue weighted by Gasteiger charge is -2.17. The van der Waals surface area contributed by atoms with Crippen molar-refractivity contribution in [2.45, 2.75) is 19.9 Å². The molecule has 0 spiro atoms. The Hall–Kier alpha value is -3.09. The third kappa shape index (κ3) is 3.40. The van der Waals surface area contributed by atoms with E-state index in [2.05, 4.69) is 15.6 Å². The molecule has 1 aromatic heterocycles. The molecule has 0 aliphatic carbocycles. The first-order chi connectivity index (χ1) is 12.0. The number of H-pyrrole nitrogens is 1. The number of hydrogen-bond acceptors (Lipinski definition) is 3. The first-order valence-electron chi connectivity index (χ1n) is 8.11. The minimum Gasteiger partial charge on any atom is -0.366 e. The molecule has 3 rings (SSSR count). The molecule has 3 amide bonds. The largest absolute Gasteiger partial charge is 0.366 e. The van der Waals surface area contributed by atoms with Gasteiger partial charge in [0.15, 0.2) is 5.43 Å². The Morgan fingerprint density at radius 2 is 1.92 bits per heavy atom. The van der Waals surface area contributed by atoms with E-state index in [0.29, 0.717) is 18.7 Å². The van der Waals surface area contributed by atoms with Gasteiger partial charge in [0.25, 0.3) is 5.91 Å². The first-order valence-corrected chi connectivity index (χ1v) is 8.11. The van der Waals surface area contributed by atoms with E-state index < -0.39 is 5.91 Å². The lowest BCUT2D eigenvalue weighted by atomic mass is 10.1. The molecule has 2 aromatic rings. The van der Waals surface area contributed by atoms with E-state index in [1.807, 2.05) is 31.2 Å². The third-order valence-corrected chi connectivity index (χ3v) is 4.28. The molecule has 3 N–H and O–H groups in total. The average molecular weight is 340 g/mol. The maximum atomic E-state index is 12.3. The second-order valence-corrected chi connectivity index (χ2v) is 6.05. The zero-order chi connectivity index (χ0) is 18.0. The summed E-state index contributed by atoms with van der Waals surface area (Å²) in [5, 5.41) is 5.58. The maximum Gasteiger partial charge on any atom is 0.321 e. The molecule has 25 heavy (non-hydrogen) atoms. The predicted molar refractivity (Wildman–Crippen MR) is 94.9 cm³/mol. The van der Waals surface area contributed by atoms with Gasteiger partial charge in [0.2, 0.25) is 0 Å². The number of aromatic nitrogens is 1. The maximum absolute atomic E-state index is 12.3. The van der Waals surface area contributed by atoms with Crippen LogP contribution in [0.2, 0.25) is 0 Å². The van der Waals surface area contributed by atoms with Crippen molar-refractivity contribution in [2.75, 3.05) is 18.0 Å². The van der Waals surface area contributed by atoms with Crippen molar-refractivity contribution in [2.24, 2.45) is 0 Å². The summed E-state index contributed by atoms with van der Waals surface area (Å²) in [7, 11) is 0. The first kappa shape index (κ1) is 16.8. The van der Waals surface area contributed by atoms with E-state index >= 15 is 0 Å². The van der Waals surface area contributed by atoms with Crippen molar-refractivity contribution in [1.82, 2.24) is 15.6 Å². The second-order valence-electron chi connectivity index (χ2n) is 6.05. The van der Waals surface area contributed by atoms with Gasteiger partial charge in [-0.2, -0.15) is 0 Å². The summed E-state index contributed by atoms with van der Waals surface area (Å²) in [5.74, 6) is -0.416. The predicted octanol–water partition coefficient (Wildman–Crippen LogP) is 1.70. The summed E-state index contributed by atoms with van der Waals surface area (Å²) in [4.78, 5) is 40.5. The summed E-state index contributed by atoms with van der Waals surface area (Å²) in [6, 6.07) is 7.06. The van der Waals surface area contributed by atoms with Crippen LogP contribution in [0.5, 0.6) is 0 Å². The average Bonchev–Trinajstić information content (AvgIpc) is 3.03. The Balaban J connectivity index is 1.71. The molecule has 1 fully saturated rings. The number of anilines is 1. The minimum absolute atomic E-state index is 0.0946. The fraction of sp³-hybridized carbons (Fsp3) is 0.278. The molecule has 1 aliphatic rings. The van der Waals surface area contributed by atoms with E-state index in [4.69, 9.17) is 0 Å². The number of benzene rings is 1. The number of aryl methyl sites for hydroxylation is 1. The molecule has 1 unspecified atom stereocenters. The van der Waals surface area contributed by atoms with Crippen LogP contribution in [0.3, 0.4) is 0 Å². The summed E-state index contributed by atoms with van der Waals surface area (Å²) in [6.45, 7) is 4.78. The van der Waals surface area contributed by atoms with Gasteiger partial charge in [0.1, 0.15) is 5.56 Å². The Morgan fingerprint density at radius 1 is 1.20 bits per heavy atom. The van der Waals surface area contributed by atoms with Crippen molar-refractivity contribution in [3.63, 3.8) is 0 Å². The number of aromatic amines is 1. The van der Waals surface area contributed by atoms with Crippen molar-refractivity contribution < 1.29 is 9.59 Å². The molecule has 0 bridgehead atoms. The van der Waals surface area contributed by atoms with Gasteiger partial charge < -0.3 is 15.6 Å². The Bertz CT molecular complexity index is 857. The van der Waals surface area contributed by atoms with E-state index in [1.165, 1.54) is 6.20 Å². The molecule has 0 radical (unpaired) electrons. The molecular formula is C18H20N4O3. The number of carbonyl (C=O) groups excluding carboxylic acids is 2. The van der Waals surface area contributed by atoms with Gasteiger partial charge in [0.05, 0.1) is 6.04 Å². The Morgan fingerprint density at radius 3 is 2.56 bits per heavy atom. The number of nitrogens with one attached hydrogen (secondary N) is 3. The van der Waals surface area contributed by atoms with Gasteiger partial charge >= 0.3 is 6.03 Å². The van der Waals surface area contributed by atoms with Crippen LogP contribution in [0.25, 0.3) is 0 Å². The number of rotatable bonds is 4. The van der Waals surface area contributed by atoms with Crippen molar-refractivity contribution in [1.29, 1.82) is 0 Å². The summed E-state index contributed by atoms with van der Waals surface area (Å²) in [5.41, 5.74) is 2.01. The number of carbonyl (C=O) groups is 2. The van der Waals surface area contributed by atoms with E-state index in [9.17, 15) is 14.4 Å². The number of amides is 3. The van der Waals surface area contributed by atoms with Crippen LogP contribution < -0.4 is 21.0 Å². The lowest BCUT2D eigenvalue weighted by molar-refractivity contribution is 0.0938. The zero-order valence-corrected chi connectivity index (χ0v) is 14.1. The second kappa shape index (κ2) is 6.80. The standard InChI is InChI=1S/C18H20N4O3/c1-11-9-19-10-15(16(11)23)17(24)21-12(2)13-3-5-14(6-4-13)22-8-7-20-18(22)25/h3-6,9-10,12H,7-8H2,1-2H3,(H,19,23)(H,20,25)(H,21,24). The lowest BCUT2D eigenvalue weighted by Crippen LogP contribution is -2.31. The molecule has 1 saturated heterocycles. The number of hydrogen-bond donors (Lipinski definition) is 3. The smallest absolute Gasteiger partial charge is 0.321 e. The summed E-state index contributed by atoms with van der Waals surface area (Å²) in [6.07, 6.45) is 2.97. The number of urea groups is 1. The number of pyridine rings is 1. The Labute approximate surface area is 145 Å². The van der Waals surface area contributed by atoms with Crippen LogP contribution in [0.4, 0.5) is 10.5 Å². The van der Waals surface area contributed by atoms with Crippen LogP contribution in [0.15, 0.2) is 41.5 Å². The molecule has 7 nitrogen and oxygen atoms in total. The SMILES string of the molecule is Cc1c[nH]cc(C(=O)NC(C)c2ccc(N3CCNC3=O)cc2)c1=O. The molecule has 2 heterocycles. The normalized spacial score (nSPS) is 15.0. The van der Waals surface area contributed by atoms with Crippen molar-refractivity contribution in [3.05, 3.63) is 63.6 Å². The highest BCUT2D eigenvalue weighted by atomic mass is 16.2. The highest BCUT2D eigenvalue weighted by Gasteiger charge is 2.21. The minimum atomic E-state index is -0.416. The van der Waals surface area contributed by atoms with E-state index in [1.54, 1.807) is 18.0 Å². The fourth-order valence-electron chi connectivity index (χ4n) is 2.78. The van der Waals surface area contributed by atoms with Crippen LogP contribution >= 0.6 is 0 Å². The molecule has 130 valence electrons. The highest BCUT2D eigenvalue weighted by Crippen LogP contribution is 2.20. The third-order valence-electron chi connectivity index (χ3n) is 4.28. The topological polar surface area (TPSA) is 94.3 Å². The van der Waals surface area contributed by atoms with Gasteiger partial charge in [0, 0.05) is 36.7 Å². The van der Waals surface area contributed by atoms with Gasteiger partial charge in [-0.15, -0.1) is 0 Å². The highest BCUT2D eigenvalue weighted by molar-refractivity contribution is 5.94. The van der Waals surface area contributed by atoms with Crippen LogP contribution in [-0.2, 0) is 0 Å². The summed E-state index contributed by atoms with van der Waals surface area (Å²) < 4.78 is 0. The quantitative estimate of drug-likeness (QED) is 0.791. The fourth-order valence-corrected chi connectivity index (χ4v) is 2.78. The van der Waals surface area contributed by atoms with Crippen LogP contribution in [-0.4, -0.2) is 30.0 Å². The van der Waals surface area contributed by atoms with E-state index in [-0.39, 0.29) is 23.1 Å². The summed E-state index contributed by atoms with van der Waals surface area (Å²) >= 11 is 0. The molecular weight excluding hydrogens is 320 g/mol. The van der Waals surface area contributed by atoms with Gasteiger partial charge in [-0.3, -0.25) is 14.5 Å². The molecule has 7 heteroatoms. The van der Waals surface area contributed by atoms with Gasteiger partial charge in [-0.05, 0) is 31.5 Å². The van der Waals surface area contributed by atoms with Gasteiger partial charge in [-0.25, -0.2) is 4.79 Å².